The molecule has 2 aromatic carbocycles. The molecule has 0 aliphatic rings. The molecule has 0 aliphatic carbocycles. The first-order valence-electron chi connectivity index (χ1n) is 8.01. The van der Waals surface area contributed by atoms with Crippen LogP contribution in [0.15, 0.2) is 53.7 Å². The van der Waals surface area contributed by atoms with Gasteiger partial charge in [-0.3, -0.25) is 0 Å². The second-order valence-corrected chi connectivity index (χ2v) is 6.50. The van der Waals surface area contributed by atoms with Crippen molar-refractivity contribution in [3.05, 3.63) is 81.6 Å². The highest BCUT2D eigenvalue weighted by atomic mass is 35.5. The molecule has 0 aliphatic heterocycles. The van der Waals surface area contributed by atoms with Crippen LogP contribution in [0.1, 0.15) is 28.1 Å². The Morgan fingerprint density at radius 3 is 2.40 bits per heavy atom. The molecule has 0 amide bonds. The van der Waals surface area contributed by atoms with E-state index in [0.29, 0.717) is 16.3 Å². The number of oxime groups is 1. The number of aromatic amines is 1. The fourth-order valence-corrected chi connectivity index (χ4v) is 3.14. The number of aryl methyl sites for hydroxylation is 3. The van der Waals surface area contributed by atoms with E-state index in [1.165, 1.54) is 0 Å². The van der Waals surface area contributed by atoms with Crippen LogP contribution >= 0.6 is 11.6 Å². The number of hydrogen-bond acceptors (Lipinski definition) is 3. The highest BCUT2D eigenvalue weighted by molar-refractivity contribution is 6.35. The van der Waals surface area contributed by atoms with Crippen LogP contribution in [0.2, 0.25) is 5.02 Å². The average Bonchev–Trinajstić information content (AvgIpc) is 2.91. The zero-order valence-electron chi connectivity index (χ0n) is 14.4. The zero-order valence-corrected chi connectivity index (χ0v) is 15.1. The van der Waals surface area contributed by atoms with Gasteiger partial charge in [0.1, 0.15) is 5.71 Å². The topological polar surface area (TPSA) is 60.4 Å². The summed E-state index contributed by atoms with van der Waals surface area (Å²) in [6.45, 7) is 5.97. The van der Waals surface area contributed by atoms with Gasteiger partial charge in [0.25, 0.3) is 0 Å². The summed E-state index contributed by atoms with van der Waals surface area (Å²) in [5.41, 5.74) is 6.92. The standard InChI is InChI=1S/C20H20ClN3O/c1-12-6-4-5-7-18(12)23-15-8-9-16(17(21)11-15)20(24-25)19-13(2)10-14(3)22-19/h4-11,22-23,25H,1-3H3/b24-20-. The number of aromatic nitrogens is 1. The number of halogens is 1. The summed E-state index contributed by atoms with van der Waals surface area (Å²) in [5, 5.41) is 16.9. The molecule has 128 valence electrons. The van der Waals surface area contributed by atoms with Gasteiger partial charge in [-0.15, -0.1) is 0 Å². The van der Waals surface area contributed by atoms with E-state index in [1.807, 2.05) is 69.3 Å². The summed E-state index contributed by atoms with van der Waals surface area (Å²) in [7, 11) is 0. The van der Waals surface area contributed by atoms with Crippen molar-refractivity contribution in [3.63, 3.8) is 0 Å². The third kappa shape index (κ3) is 3.54. The van der Waals surface area contributed by atoms with Gasteiger partial charge in [-0.2, -0.15) is 0 Å². The van der Waals surface area contributed by atoms with Crippen LogP contribution in [0.4, 0.5) is 11.4 Å². The molecule has 3 rings (SSSR count). The summed E-state index contributed by atoms with van der Waals surface area (Å²) < 4.78 is 0. The van der Waals surface area contributed by atoms with Crippen molar-refractivity contribution in [1.29, 1.82) is 0 Å². The van der Waals surface area contributed by atoms with Crippen molar-refractivity contribution in [2.24, 2.45) is 5.16 Å². The monoisotopic (exact) mass is 353 g/mol. The highest BCUT2D eigenvalue weighted by Crippen LogP contribution is 2.27. The van der Waals surface area contributed by atoms with Crippen LogP contribution < -0.4 is 5.32 Å². The maximum absolute atomic E-state index is 9.53. The van der Waals surface area contributed by atoms with Crippen molar-refractivity contribution in [2.75, 3.05) is 5.32 Å². The van der Waals surface area contributed by atoms with Crippen LogP contribution in [0.5, 0.6) is 0 Å². The molecule has 1 heterocycles. The lowest BCUT2D eigenvalue weighted by atomic mass is 10.0. The van der Waals surface area contributed by atoms with Gasteiger partial charge in [0.2, 0.25) is 0 Å². The van der Waals surface area contributed by atoms with E-state index in [1.54, 1.807) is 0 Å². The molecule has 0 saturated carbocycles. The molecule has 0 spiro atoms. The number of anilines is 2. The Morgan fingerprint density at radius 2 is 1.80 bits per heavy atom. The Hall–Kier alpha value is -2.72. The molecule has 0 atom stereocenters. The molecular formula is C20H20ClN3O. The summed E-state index contributed by atoms with van der Waals surface area (Å²) in [4.78, 5) is 3.22. The quantitative estimate of drug-likeness (QED) is 0.326. The van der Waals surface area contributed by atoms with Gasteiger partial charge in [-0.25, -0.2) is 0 Å². The number of nitrogens with one attached hydrogen (secondary N) is 2. The Bertz CT molecular complexity index is 944. The minimum absolute atomic E-state index is 0.429. The van der Waals surface area contributed by atoms with E-state index in [-0.39, 0.29) is 0 Å². The number of hydrogen-bond donors (Lipinski definition) is 3. The molecule has 3 aromatic rings. The second kappa shape index (κ2) is 7.03. The minimum Gasteiger partial charge on any atom is -0.410 e. The first-order valence-corrected chi connectivity index (χ1v) is 8.38. The van der Waals surface area contributed by atoms with Crippen LogP contribution in [-0.4, -0.2) is 15.9 Å². The molecule has 4 nitrogen and oxygen atoms in total. The van der Waals surface area contributed by atoms with E-state index in [2.05, 4.69) is 15.5 Å². The van der Waals surface area contributed by atoms with Crippen LogP contribution in [0.25, 0.3) is 0 Å². The van der Waals surface area contributed by atoms with Gasteiger partial charge in [0, 0.05) is 22.6 Å². The molecule has 0 bridgehead atoms. The molecule has 0 unspecified atom stereocenters. The maximum Gasteiger partial charge on any atom is 0.135 e. The fraction of sp³-hybridized carbons (Fsp3) is 0.150. The fourth-order valence-electron chi connectivity index (χ4n) is 2.87. The lowest BCUT2D eigenvalue weighted by Gasteiger charge is -2.12. The van der Waals surface area contributed by atoms with Crippen LogP contribution in [-0.2, 0) is 0 Å². The summed E-state index contributed by atoms with van der Waals surface area (Å²) in [6, 6.07) is 15.7. The minimum atomic E-state index is 0.429. The van der Waals surface area contributed by atoms with E-state index in [4.69, 9.17) is 11.6 Å². The van der Waals surface area contributed by atoms with Gasteiger partial charge in [-0.1, -0.05) is 35.0 Å². The summed E-state index contributed by atoms with van der Waals surface area (Å²) in [6.07, 6.45) is 0. The lowest BCUT2D eigenvalue weighted by molar-refractivity contribution is 0.319. The Kier molecular flexibility index (Phi) is 4.81. The van der Waals surface area contributed by atoms with Crippen molar-refractivity contribution in [2.45, 2.75) is 20.8 Å². The predicted molar refractivity (Wildman–Crippen MR) is 104 cm³/mol. The number of nitrogens with zero attached hydrogens (tertiary/aromatic N) is 1. The number of para-hydroxylation sites is 1. The number of H-pyrrole nitrogens is 1. The molecule has 1 aromatic heterocycles. The van der Waals surface area contributed by atoms with Crippen molar-refractivity contribution in [1.82, 2.24) is 4.98 Å². The summed E-state index contributed by atoms with van der Waals surface area (Å²) in [5.74, 6) is 0. The van der Waals surface area contributed by atoms with Gasteiger partial charge >= 0.3 is 0 Å². The predicted octanol–water partition coefficient (Wildman–Crippen LogP) is 5.56. The third-order valence-corrected chi connectivity index (χ3v) is 4.45. The van der Waals surface area contributed by atoms with Gasteiger partial charge < -0.3 is 15.5 Å². The molecule has 25 heavy (non-hydrogen) atoms. The Labute approximate surface area is 152 Å². The second-order valence-electron chi connectivity index (χ2n) is 6.09. The van der Waals surface area contributed by atoms with E-state index < -0.39 is 0 Å². The van der Waals surface area contributed by atoms with Gasteiger partial charge in [0.15, 0.2) is 0 Å². The zero-order chi connectivity index (χ0) is 18.0. The van der Waals surface area contributed by atoms with E-state index in [0.717, 1.165) is 33.9 Å². The maximum atomic E-state index is 9.53. The largest absolute Gasteiger partial charge is 0.410 e. The lowest BCUT2D eigenvalue weighted by Crippen LogP contribution is -2.07. The Balaban J connectivity index is 1.94. The summed E-state index contributed by atoms with van der Waals surface area (Å²) >= 11 is 6.47. The van der Waals surface area contributed by atoms with Gasteiger partial charge in [0.05, 0.1) is 10.7 Å². The highest BCUT2D eigenvalue weighted by Gasteiger charge is 2.16. The number of benzene rings is 2. The van der Waals surface area contributed by atoms with Gasteiger partial charge in [-0.05, 0) is 62.2 Å². The molecule has 3 N–H and O–H groups in total. The van der Waals surface area contributed by atoms with E-state index in [9.17, 15) is 5.21 Å². The normalized spacial score (nSPS) is 11.6. The van der Waals surface area contributed by atoms with E-state index >= 15 is 0 Å². The molecule has 5 heteroatoms. The SMILES string of the molecule is Cc1cc(C)c(/C(=N\O)c2ccc(Nc3ccccc3C)cc2Cl)[nH]1. The first-order chi connectivity index (χ1) is 12.0. The molecule has 0 saturated heterocycles. The smallest absolute Gasteiger partial charge is 0.135 e. The van der Waals surface area contributed by atoms with Crippen molar-refractivity contribution >= 4 is 28.7 Å². The molecule has 0 fully saturated rings. The first kappa shape index (κ1) is 17.1. The van der Waals surface area contributed by atoms with Crippen molar-refractivity contribution in [3.8, 4) is 0 Å². The van der Waals surface area contributed by atoms with Crippen molar-refractivity contribution < 1.29 is 5.21 Å². The van der Waals surface area contributed by atoms with Crippen LogP contribution in [0.3, 0.4) is 0 Å². The Morgan fingerprint density at radius 1 is 1.04 bits per heavy atom. The average molecular weight is 354 g/mol. The third-order valence-electron chi connectivity index (χ3n) is 4.13. The molecule has 0 radical (unpaired) electrons. The number of rotatable bonds is 4. The molecular weight excluding hydrogens is 334 g/mol. The van der Waals surface area contributed by atoms with Crippen LogP contribution in [0, 0.1) is 20.8 Å².